The van der Waals surface area contributed by atoms with Crippen LogP contribution in [0.3, 0.4) is 0 Å². The topological polar surface area (TPSA) is 172 Å². The molecule has 2 unspecified atom stereocenters. The molecule has 0 spiro atoms. The van der Waals surface area contributed by atoms with Crippen LogP contribution in [0.2, 0.25) is 0 Å². The zero-order chi connectivity index (χ0) is 35.1. The highest BCUT2D eigenvalue weighted by Crippen LogP contribution is 2.58. The first-order valence-electron chi connectivity index (χ1n) is 16.1. The van der Waals surface area contributed by atoms with E-state index < -0.39 is 53.5 Å². The molecule has 1 saturated heterocycles. The summed E-state index contributed by atoms with van der Waals surface area (Å²) in [6.45, 7) is -0.544. The van der Waals surface area contributed by atoms with Gasteiger partial charge in [-0.25, -0.2) is 9.98 Å². The lowest BCUT2D eigenvalue weighted by atomic mass is 9.52. The third-order valence-corrected chi connectivity index (χ3v) is 9.91. The maximum atomic E-state index is 15.1. The molecule has 1 fully saturated rings. The Morgan fingerprint density at radius 2 is 1.36 bits per heavy atom. The van der Waals surface area contributed by atoms with E-state index in [1.54, 1.807) is 44.6 Å². The second-order valence-electron chi connectivity index (χ2n) is 12.3. The Balaban J connectivity index is 1.61. The lowest BCUT2D eigenvalue weighted by molar-refractivity contribution is -0.0519. The molecule has 4 aromatic carbocycles. The normalized spacial score (nSPS) is 27.2. The predicted octanol–water partition coefficient (Wildman–Crippen LogP) is 2.54. The summed E-state index contributed by atoms with van der Waals surface area (Å²) in [4.78, 5) is 31.3. The molecule has 0 aromatic heterocycles. The van der Waals surface area contributed by atoms with Crippen LogP contribution < -0.4 is 15.2 Å². The van der Waals surface area contributed by atoms with Gasteiger partial charge in [0.2, 0.25) is 11.4 Å². The Labute approximate surface area is 288 Å². The number of carbonyl (C=O) groups excluding carboxylic acids is 1. The fourth-order valence-electron chi connectivity index (χ4n) is 7.52. The maximum absolute atomic E-state index is 15.1. The molecular weight excluding hydrogens is 638 g/mol. The van der Waals surface area contributed by atoms with Crippen molar-refractivity contribution in [2.24, 2.45) is 20.7 Å². The van der Waals surface area contributed by atoms with Crippen LogP contribution in [0.1, 0.15) is 27.0 Å². The molecule has 3 aliphatic rings. The van der Waals surface area contributed by atoms with E-state index >= 15 is 4.79 Å². The third-order valence-electron chi connectivity index (χ3n) is 9.91. The summed E-state index contributed by atoms with van der Waals surface area (Å²) in [5.41, 5.74) is 4.26. The number of Topliss-reactive ketones (excluding diaryl/α,β-unsaturated/α-hetero) is 1. The van der Waals surface area contributed by atoms with Gasteiger partial charge in [-0.2, -0.15) is 0 Å². The second-order valence-corrected chi connectivity index (χ2v) is 12.3. The molecular formula is C38H37N5O7. The van der Waals surface area contributed by atoms with Gasteiger partial charge in [0.25, 0.3) is 0 Å². The maximum Gasteiger partial charge on any atom is 0.207 e. The van der Waals surface area contributed by atoms with Gasteiger partial charge in [0.15, 0.2) is 11.8 Å². The molecule has 0 amide bonds. The number of benzene rings is 4. The van der Waals surface area contributed by atoms with Crippen LogP contribution in [-0.2, 0) is 10.2 Å². The quantitative estimate of drug-likeness (QED) is 0.146. The Morgan fingerprint density at radius 3 is 1.88 bits per heavy atom. The number of hydrogen-bond acceptors (Lipinski definition) is 12. The zero-order valence-corrected chi connectivity index (χ0v) is 27.4. The van der Waals surface area contributed by atoms with Crippen LogP contribution in [-0.4, -0.2) is 101 Å². The van der Waals surface area contributed by atoms with Gasteiger partial charge >= 0.3 is 0 Å². The average Bonchev–Trinajstić information content (AvgIpc) is 3.70. The van der Waals surface area contributed by atoms with Crippen molar-refractivity contribution in [2.75, 3.05) is 20.8 Å². The highest BCUT2D eigenvalue weighted by molar-refractivity contribution is 6.18. The van der Waals surface area contributed by atoms with Crippen LogP contribution in [0.4, 0.5) is 0 Å². The zero-order valence-electron chi connectivity index (χ0n) is 27.4. The first-order chi connectivity index (χ1) is 24.3. The molecule has 3 heterocycles. The number of aliphatic hydroxyl groups is 3. The number of aliphatic imine (C=N–C) groups is 3. The summed E-state index contributed by atoms with van der Waals surface area (Å²) >= 11 is 0. The van der Waals surface area contributed by atoms with E-state index in [0.717, 1.165) is 0 Å². The van der Waals surface area contributed by atoms with Crippen LogP contribution in [0.25, 0.3) is 0 Å². The van der Waals surface area contributed by atoms with E-state index in [9.17, 15) is 15.3 Å². The highest BCUT2D eigenvalue weighted by atomic mass is 16.6. The monoisotopic (exact) mass is 675 g/mol. The van der Waals surface area contributed by atoms with Crippen molar-refractivity contribution in [1.29, 1.82) is 0 Å². The van der Waals surface area contributed by atoms with E-state index in [-0.39, 0.29) is 5.84 Å². The number of carbonyl (C=O) groups is 1. The summed E-state index contributed by atoms with van der Waals surface area (Å²) in [5.74, 6) is 0.788. The number of fused-ring (bicyclic) bond motifs is 1. The second kappa shape index (κ2) is 12.9. The van der Waals surface area contributed by atoms with Crippen molar-refractivity contribution in [2.45, 2.75) is 41.2 Å². The van der Waals surface area contributed by atoms with Gasteiger partial charge in [0.05, 0.1) is 32.6 Å². The van der Waals surface area contributed by atoms with E-state index in [0.29, 0.717) is 33.8 Å². The van der Waals surface area contributed by atoms with Crippen LogP contribution in [0.5, 0.6) is 11.5 Å². The first kappa shape index (κ1) is 33.3. The SMILES string of the molecule is COc1ccc(C(c2ccccc2)(c2ccc(OC)cc2)C23N=CN([C@@H]4O[C@H](CO)[C@@H](O)[C@H]4O)C2=NC=NC3(N)C(=O)c2ccccc2)cc1. The lowest BCUT2D eigenvalue weighted by Crippen LogP contribution is -2.77. The highest BCUT2D eigenvalue weighted by Gasteiger charge is 2.74. The molecule has 12 heteroatoms. The molecule has 4 aromatic rings. The predicted molar refractivity (Wildman–Crippen MR) is 187 cm³/mol. The summed E-state index contributed by atoms with van der Waals surface area (Å²) in [7, 11) is 3.15. The van der Waals surface area contributed by atoms with Crippen molar-refractivity contribution in [3.8, 4) is 11.5 Å². The Kier molecular flexibility index (Phi) is 8.58. The van der Waals surface area contributed by atoms with Crippen molar-refractivity contribution in [3.63, 3.8) is 0 Å². The van der Waals surface area contributed by atoms with Gasteiger partial charge in [-0.15, -0.1) is 0 Å². The molecule has 256 valence electrons. The summed E-state index contributed by atoms with van der Waals surface area (Å²) in [5, 5.41) is 32.0. The molecule has 0 saturated carbocycles. The van der Waals surface area contributed by atoms with Crippen molar-refractivity contribution in [1.82, 2.24) is 4.90 Å². The molecule has 0 bridgehead atoms. The van der Waals surface area contributed by atoms with E-state index in [2.05, 4.69) is 0 Å². The van der Waals surface area contributed by atoms with Gasteiger partial charge in [0, 0.05) is 5.56 Å². The smallest absolute Gasteiger partial charge is 0.207 e. The van der Waals surface area contributed by atoms with Crippen LogP contribution >= 0.6 is 0 Å². The number of nitrogens with two attached hydrogens (primary N) is 1. The first-order valence-corrected chi connectivity index (χ1v) is 16.1. The largest absolute Gasteiger partial charge is 0.497 e. The average molecular weight is 676 g/mol. The van der Waals surface area contributed by atoms with Crippen molar-refractivity contribution >= 4 is 24.3 Å². The Morgan fingerprint density at radius 1 is 0.820 bits per heavy atom. The number of nitrogens with zero attached hydrogens (tertiary/aromatic N) is 4. The van der Waals surface area contributed by atoms with E-state index in [1.165, 1.54) is 17.6 Å². The number of ketones is 1. The number of hydrogen-bond donors (Lipinski definition) is 4. The van der Waals surface area contributed by atoms with Gasteiger partial charge in [-0.05, 0) is 41.0 Å². The number of amidine groups is 1. The summed E-state index contributed by atoms with van der Waals surface area (Å²) in [6, 6.07) is 32.9. The van der Waals surface area contributed by atoms with Crippen LogP contribution in [0, 0.1) is 0 Å². The van der Waals surface area contributed by atoms with Crippen LogP contribution in [0.15, 0.2) is 124 Å². The molecule has 6 atom stereocenters. The molecule has 0 aliphatic carbocycles. The number of methoxy groups -OCH3 is 2. The molecule has 3 aliphatic heterocycles. The molecule has 5 N–H and O–H groups in total. The molecule has 50 heavy (non-hydrogen) atoms. The fourth-order valence-corrected chi connectivity index (χ4v) is 7.52. The van der Waals surface area contributed by atoms with Crippen molar-refractivity contribution < 1.29 is 34.3 Å². The van der Waals surface area contributed by atoms with E-state index in [4.69, 9.17) is 34.9 Å². The molecule has 7 rings (SSSR count). The summed E-state index contributed by atoms with van der Waals surface area (Å²) in [6.07, 6.45) is -2.61. The molecule has 12 nitrogen and oxygen atoms in total. The lowest BCUT2D eigenvalue weighted by Gasteiger charge is -2.54. The fraction of sp³-hybridized carbons (Fsp3) is 0.263. The Bertz CT molecular complexity index is 1890. The minimum Gasteiger partial charge on any atom is -0.497 e. The van der Waals surface area contributed by atoms with Crippen molar-refractivity contribution in [3.05, 3.63) is 131 Å². The van der Waals surface area contributed by atoms with Gasteiger partial charge < -0.3 is 29.5 Å². The standard InChI is InChI=1S/C38H37N5O7/c1-48-28-17-13-26(14-18-28)36(25-11-7-4-8-12-25,27-15-19-29(49-2)20-16-27)37-35(43(23-42-37)34-32(46)31(45)30(21-44)50-34)40-22-41-38(37,39)33(47)24-9-5-3-6-10-24/h3-20,22-23,30-32,34,44-46H,21,39H2,1-2H3/t30-,31-,32-,34-,37?,38?/m1/s1. The Hall–Kier alpha value is -5.24. The van der Waals surface area contributed by atoms with Gasteiger partial charge in [-0.1, -0.05) is 84.9 Å². The summed E-state index contributed by atoms with van der Waals surface area (Å²) < 4.78 is 17.1. The number of rotatable bonds is 10. The van der Waals surface area contributed by atoms with Gasteiger partial charge in [0.1, 0.15) is 42.0 Å². The minimum atomic E-state index is -2.18. The number of ether oxygens (including phenoxy) is 3. The van der Waals surface area contributed by atoms with Gasteiger partial charge in [-0.3, -0.25) is 20.4 Å². The molecule has 0 radical (unpaired) electrons. The number of aliphatic hydroxyl groups excluding tert-OH is 3. The third kappa shape index (κ3) is 4.71. The van der Waals surface area contributed by atoms with E-state index in [1.807, 2.05) is 78.9 Å². The minimum absolute atomic E-state index is 0.129.